The third-order valence-corrected chi connectivity index (χ3v) is 3.82. The van der Waals surface area contributed by atoms with Gasteiger partial charge in [-0.1, -0.05) is 18.5 Å². The average molecular weight is 290 g/mol. The maximum Gasteiger partial charge on any atom is 0.256 e. The predicted molar refractivity (Wildman–Crippen MR) is 67.1 cm³/mol. The van der Waals surface area contributed by atoms with E-state index in [2.05, 4.69) is 0 Å². The highest BCUT2D eigenvalue weighted by atomic mass is 35.5. The number of β-amino-alcohol motifs (C(OH)–C–C–N with tert-alkyl or cyclic N) is 1. The van der Waals surface area contributed by atoms with E-state index >= 15 is 0 Å². The molecule has 0 aromatic heterocycles. The molecule has 104 valence electrons. The number of carbonyl (C=O) groups excluding carboxylic acids is 1. The van der Waals surface area contributed by atoms with Crippen molar-refractivity contribution in [1.82, 2.24) is 4.90 Å². The van der Waals surface area contributed by atoms with Gasteiger partial charge in [0.25, 0.3) is 5.91 Å². The van der Waals surface area contributed by atoms with Gasteiger partial charge in [0.05, 0.1) is 11.7 Å². The SMILES string of the molecule is C[C@H]1CCN(C(=O)c2ccc(F)c(Cl)c2F)C[C@H]1O. The van der Waals surface area contributed by atoms with Crippen molar-refractivity contribution in [1.29, 1.82) is 0 Å². The van der Waals surface area contributed by atoms with Gasteiger partial charge >= 0.3 is 0 Å². The smallest absolute Gasteiger partial charge is 0.256 e. The fourth-order valence-electron chi connectivity index (χ4n) is 2.09. The Balaban J connectivity index is 2.23. The molecule has 0 spiro atoms. The van der Waals surface area contributed by atoms with Crippen molar-refractivity contribution in [2.24, 2.45) is 5.92 Å². The monoisotopic (exact) mass is 289 g/mol. The Bertz CT molecular complexity index is 510. The van der Waals surface area contributed by atoms with Crippen LogP contribution in [0.1, 0.15) is 23.7 Å². The van der Waals surface area contributed by atoms with Crippen LogP contribution in [-0.2, 0) is 0 Å². The molecule has 1 aliphatic heterocycles. The fourth-order valence-corrected chi connectivity index (χ4v) is 2.26. The Morgan fingerprint density at radius 3 is 2.79 bits per heavy atom. The number of likely N-dealkylation sites (tertiary alicyclic amines) is 1. The van der Waals surface area contributed by atoms with Gasteiger partial charge in [-0.15, -0.1) is 0 Å². The van der Waals surface area contributed by atoms with Gasteiger partial charge in [0.15, 0.2) is 5.82 Å². The van der Waals surface area contributed by atoms with Crippen LogP contribution < -0.4 is 0 Å². The minimum Gasteiger partial charge on any atom is -0.391 e. The molecule has 1 saturated heterocycles. The quantitative estimate of drug-likeness (QED) is 0.807. The normalized spacial score (nSPS) is 23.5. The van der Waals surface area contributed by atoms with Crippen molar-refractivity contribution in [3.05, 3.63) is 34.4 Å². The van der Waals surface area contributed by atoms with Gasteiger partial charge in [-0.2, -0.15) is 0 Å². The molecule has 0 saturated carbocycles. The van der Waals surface area contributed by atoms with E-state index in [4.69, 9.17) is 11.6 Å². The zero-order valence-corrected chi connectivity index (χ0v) is 11.1. The second kappa shape index (κ2) is 5.43. The van der Waals surface area contributed by atoms with Crippen molar-refractivity contribution < 1.29 is 18.7 Å². The van der Waals surface area contributed by atoms with Crippen molar-refractivity contribution in [3.8, 4) is 0 Å². The summed E-state index contributed by atoms with van der Waals surface area (Å²) in [5.74, 6) is -2.43. The summed E-state index contributed by atoms with van der Waals surface area (Å²) in [5.41, 5.74) is -0.270. The minimum atomic E-state index is -1.06. The molecule has 19 heavy (non-hydrogen) atoms. The van der Waals surface area contributed by atoms with E-state index in [9.17, 15) is 18.7 Å². The van der Waals surface area contributed by atoms with Crippen LogP contribution in [0.15, 0.2) is 12.1 Å². The molecule has 1 aromatic rings. The molecule has 1 aromatic carbocycles. The molecule has 2 atom stereocenters. The zero-order chi connectivity index (χ0) is 14.2. The second-order valence-electron chi connectivity index (χ2n) is 4.81. The number of aliphatic hydroxyl groups excluding tert-OH is 1. The fraction of sp³-hybridized carbons (Fsp3) is 0.462. The van der Waals surface area contributed by atoms with Gasteiger partial charge in [-0.05, 0) is 24.5 Å². The first kappa shape index (κ1) is 14.2. The summed E-state index contributed by atoms with van der Waals surface area (Å²) >= 11 is 5.45. The second-order valence-corrected chi connectivity index (χ2v) is 5.19. The van der Waals surface area contributed by atoms with E-state index in [-0.39, 0.29) is 18.0 Å². The van der Waals surface area contributed by atoms with Gasteiger partial charge in [-0.3, -0.25) is 4.79 Å². The lowest BCUT2D eigenvalue weighted by Gasteiger charge is -2.34. The molecule has 0 bridgehead atoms. The molecule has 0 radical (unpaired) electrons. The molecule has 1 aliphatic rings. The molecule has 1 heterocycles. The number of hydrogen-bond acceptors (Lipinski definition) is 2. The number of halogens is 3. The topological polar surface area (TPSA) is 40.5 Å². The van der Waals surface area contributed by atoms with E-state index in [0.717, 1.165) is 12.1 Å². The van der Waals surface area contributed by atoms with Gasteiger partial charge in [-0.25, -0.2) is 8.78 Å². The van der Waals surface area contributed by atoms with E-state index in [0.29, 0.717) is 13.0 Å². The maximum atomic E-state index is 13.8. The summed E-state index contributed by atoms with van der Waals surface area (Å²) in [6.45, 7) is 2.47. The number of aliphatic hydroxyl groups is 1. The average Bonchev–Trinajstić information content (AvgIpc) is 2.39. The third-order valence-electron chi connectivity index (χ3n) is 3.47. The van der Waals surface area contributed by atoms with Crippen LogP contribution >= 0.6 is 11.6 Å². The Kier molecular flexibility index (Phi) is 4.06. The highest BCUT2D eigenvalue weighted by Gasteiger charge is 2.29. The Morgan fingerprint density at radius 2 is 2.16 bits per heavy atom. The summed E-state index contributed by atoms with van der Waals surface area (Å²) in [4.78, 5) is 13.5. The lowest BCUT2D eigenvalue weighted by atomic mass is 9.95. The first-order valence-corrected chi connectivity index (χ1v) is 6.40. The summed E-state index contributed by atoms with van der Waals surface area (Å²) in [7, 11) is 0. The molecule has 1 fully saturated rings. The Hall–Kier alpha value is -1.20. The highest BCUT2D eigenvalue weighted by Crippen LogP contribution is 2.25. The predicted octanol–water partition coefficient (Wildman–Crippen LogP) is 2.46. The number of nitrogens with zero attached hydrogens (tertiary/aromatic N) is 1. The number of carbonyl (C=O) groups is 1. The summed E-state index contributed by atoms with van der Waals surface area (Å²) in [6.07, 6.45) is 0.0142. The zero-order valence-electron chi connectivity index (χ0n) is 10.4. The van der Waals surface area contributed by atoms with Crippen LogP contribution in [-0.4, -0.2) is 35.1 Å². The van der Waals surface area contributed by atoms with Gasteiger partial charge in [0.2, 0.25) is 0 Å². The first-order chi connectivity index (χ1) is 8.91. The largest absolute Gasteiger partial charge is 0.391 e. The van der Waals surface area contributed by atoms with Gasteiger partial charge in [0.1, 0.15) is 10.8 Å². The van der Waals surface area contributed by atoms with Crippen molar-refractivity contribution in [2.75, 3.05) is 13.1 Å². The minimum absolute atomic E-state index is 0.103. The first-order valence-electron chi connectivity index (χ1n) is 6.02. The Labute approximate surface area is 114 Å². The van der Waals surface area contributed by atoms with Crippen LogP contribution in [0, 0.1) is 17.6 Å². The van der Waals surface area contributed by atoms with E-state index in [1.165, 1.54) is 4.90 Å². The van der Waals surface area contributed by atoms with Crippen molar-refractivity contribution in [2.45, 2.75) is 19.4 Å². The maximum absolute atomic E-state index is 13.8. The molecule has 0 aliphatic carbocycles. The molecular formula is C13H14ClF2NO2. The van der Waals surface area contributed by atoms with Crippen LogP contribution in [0.2, 0.25) is 5.02 Å². The summed E-state index contributed by atoms with van der Waals surface area (Å²) in [5, 5.41) is 9.05. The summed E-state index contributed by atoms with van der Waals surface area (Å²) < 4.78 is 26.8. The number of rotatable bonds is 1. The molecule has 6 heteroatoms. The van der Waals surface area contributed by atoms with Crippen LogP contribution in [0.4, 0.5) is 8.78 Å². The molecule has 2 rings (SSSR count). The van der Waals surface area contributed by atoms with E-state index < -0.39 is 28.7 Å². The molecule has 1 N–H and O–H groups in total. The van der Waals surface area contributed by atoms with Crippen LogP contribution in [0.3, 0.4) is 0 Å². The third kappa shape index (κ3) is 2.72. The van der Waals surface area contributed by atoms with Gasteiger partial charge < -0.3 is 10.0 Å². The van der Waals surface area contributed by atoms with Gasteiger partial charge in [0, 0.05) is 13.1 Å². The molecular weight excluding hydrogens is 276 g/mol. The standard InChI is InChI=1S/C13H14ClF2NO2/c1-7-4-5-17(6-10(7)18)13(19)8-2-3-9(15)11(14)12(8)16/h2-3,7,10,18H,4-6H2,1H3/t7-,10+/m0/s1. The van der Waals surface area contributed by atoms with Crippen molar-refractivity contribution in [3.63, 3.8) is 0 Å². The molecule has 1 amide bonds. The van der Waals surface area contributed by atoms with Crippen LogP contribution in [0.25, 0.3) is 0 Å². The number of benzene rings is 1. The number of amides is 1. The van der Waals surface area contributed by atoms with Crippen LogP contribution in [0.5, 0.6) is 0 Å². The highest BCUT2D eigenvalue weighted by molar-refractivity contribution is 6.31. The van der Waals surface area contributed by atoms with E-state index in [1.807, 2.05) is 6.92 Å². The Morgan fingerprint density at radius 1 is 1.47 bits per heavy atom. The molecule has 0 unspecified atom stereocenters. The molecule has 3 nitrogen and oxygen atoms in total. The van der Waals surface area contributed by atoms with E-state index in [1.54, 1.807) is 0 Å². The lowest BCUT2D eigenvalue weighted by molar-refractivity contribution is 0.0246. The lowest BCUT2D eigenvalue weighted by Crippen LogP contribution is -2.46. The summed E-state index contributed by atoms with van der Waals surface area (Å²) in [6, 6.07) is 2.03. The number of piperidine rings is 1. The number of hydrogen-bond donors (Lipinski definition) is 1. The van der Waals surface area contributed by atoms with Crippen molar-refractivity contribution >= 4 is 17.5 Å².